The van der Waals surface area contributed by atoms with E-state index in [1.165, 1.54) is 6.07 Å². The first-order chi connectivity index (χ1) is 11.5. The van der Waals surface area contributed by atoms with Crippen LogP contribution in [-0.4, -0.2) is 16.0 Å². The van der Waals surface area contributed by atoms with E-state index in [1.54, 1.807) is 18.6 Å². The summed E-state index contributed by atoms with van der Waals surface area (Å²) in [5.74, 6) is -1.18. The van der Waals surface area contributed by atoms with Gasteiger partial charge >= 0.3 is 0 Å². The Balaban J connectivity index is 1.83. The molecule has 0 saturated carbocycles. The van der Waals surface area contributed by atoms with Crippen molar-refractivity contribution >= 4 is 17.5 Å². The summed E-state index contributed by atoms with van der Waals surface area (Å²) in [6.45, 7) is 0. The zero-order chi connectivity index (χ0) is 17.1. The number of amides is 1. The summed E-state index contributed by atoms with van der Waals surface area (Å²) in [5, 5.41) is 3.54. The summed E-state index contributed by atoms with van der Waals surface area (Å²) >= 11 is 5.86. The molecule has 2 aromatic carbocycles. The molecular formula is C17H12ClFN3O2. The molecule has 3 rings (SSSR count). The lowest BCUT2D eigenvalue weighted by Gasteiger charge is -2.09. The van der Waals surface area contributed by atoms with Crippen molar-refractivity contribution in [1.82, 2.24) is 10.1 Å². The summed E-state index contributed by atoms with van der Waals surface area (Å²) in [7, 11) is 0. The van der Waals surface area contributed by atoms with Crippen LogP contribution in [0.15, 0.2) is 47.0 Å². The van der Waals surface area contributed by atoms with Crippen molar-refractivity contribution in [3.63, 3.8) is 0 Å². The maximum absolute atomic E-state index is 13.3. The molecule has 0 aliphatic heterocycles. The molecule has 0 aliphatic carbocycles. The first-order valence-corrected chi connectivity index (χ1v) is 7.42. The van der Waals surface area contributed by atoms with E-state index in [0.717, 1.165) is 16.7 Å². The molecule has 1 aromatic heterocycles. The van der Waals surface area contributed by atoms with Crippen molar-refractivity contribution in [2.45, 2.75) is 6.42 Å². The van der Waals surface area contributed by atoms with E-state index in [0.29, 0.717) is 6.42 Å². The van der Waals surface area contributed by atoms with Crippen LogP contribution in [0.25, 0.3) is 11.1 Å². The fourth-order valence-corrected chi connectivity index (χ4v) is 2.44. The van der Waals surface area contributed by atoms with Crippen LogP contribution in [0.3, 0.4) is 0 Å². The second kappa shape index (κ2) is 6.80. The van der Waals surface area contributed by atoms with Gasteiger partial charge in [-0.2, -0.15) is 4.98 Å². The van der Waals surface area contributed by atoms with Crippen LogP contribution in [0.5, 0.6) is 0 Å². The molecule has 7 heteroatoms. The molecule has 2 N–H and O–H groups in total. The summed E-state index contributed by atoms with van der Waals surface area (Å²) in [4.78, 5) is 14.8. The first kappa shape index (κ1) is 16.1. The van der Waals surface area contributed by atoms with Crippen molar-refractivity contribution < 1.29 is 13.7 Å². The number of aromatic nitrogens is 2. The van der Waals surface area contributed by atoms with Crippen LogP contribution >= 0.6 is 11.6 Å². The third-order valence-electron chi connectivity index (χ3n) is 3.41. The van der Waals surface area contributed by atoms with Gasteiger partial charge in [-0.05, 0) is 35.2 Å². The topological polar surface area (TPSA) is 82.0 Å². The van der Waals surface area contributed by atoms with Gasteiger partial charge in [-0.15, -0.1) is 0 Å². The molecule has 121 valence electrons. The Morgan fingerprint density at radius 3 is 2.79 bits per heavy atom. The lowest BCUT2D eigenvalue weighted by atomic mass is 9.96. The Morgan fingerprint density at radius 2 is 2.08 bits per heavy atom. The zero-order valence-corrected chi connectivity index (χ0v) is 13.1. The number of nitrogens with zero attached hydrogens (tertiary/aromatic N) is 2. The van der Waals surface area contributed by atoms with Crippen LogP contribution in [0.2, 0.25) is 5.02 Å². The number of primary amides is 1. The maximum Gasteiger partial charge on any atom is 0.290 e. The summed E-state index contributed by atoms with van der Waals surface area (Å²) < 4.78 is 18.3. The van der Waals surface area contributed by atoms with Crippen LogP contribution in [-0.2, 0) is 6.42 Å². The van der Waals surface area contributed by atoms with Crippen molar-refractivity contribution in [2.75, 3.05) is 0 Å². The molecule has 0 saturated heterocycles. The Morgan fingerprint density at radius 1 is 1.29 bits per heavy atom. The van der Waals surface area contributed by atoms with Gasteiger partial charge in [0.15, 0.2) is 0 Å². The standard InChI is InChI=1S/C17H12ClFN3O2/c18-13-9-11(5-7-14(13)19)12-4-2-1-3-10(12)6-8-15-21-17(16(20)23)22-24-15/h1-5,7-9H,6H2,(H2,20,23). The number of hydrogen-bond donors (Lipinski definition) is 1. The maximum atomic E-state index is 13.3. The number of halogens is 2. The van der Waals surface area contributed by atoms with Crippen LogP contribution < -0.4 is 5.73 Å². The van der Waals surface area contributed by atoms with Gasteiger partial charge in [0, 0.05) is 0 Å². The molecule has 1 heterocycles. The van der Waals surface area contributed by atoms with Crippen molar-refractivity contribution in [1.29, 1.82) is 0 Å². The van der Waals surface area contributed by atoms with Gasteiger partial charge in [0.1, 0.15) is 5.82 Å². The average molecular weight is 345 g/mol. The van der Waals surface area contributed by atoms with Gasteiger partial charge in [0.05, 0.1) is 11.4 Å². The molecule has 0 spiro atoms. The van der Waals surface area contributed by atoms with Crippen LogP contribution in [0, 0.1) is 12.2 Å². The predicted molar refractivity (Wildman–Crippen MR) is 86.8 cm³/mol. The summed E-state index contributed by atoms with van der Waals surface area (Å²) in [5.41, 5.74) is 7.74. The molecule has 0 unspecified atom stereocenters. The van der Waals surface area contributed by atoms with E-state index >= 15 is 0 Å². The zero-order valence-electron chi connectivity index (χ0n) is 12.4. The third kappa shape index (κ3) is 3.44. The number of carbonyl (C=O) groups excluding carboxylic acids is 1. The molecule has 0 aliphatic rings. The Bertz CT molecular complexity index is 895. The van der Waals surface area contributed by atoms with E-state index in [4.69, 9.17) is 21.9 Å². The molecule has 0 bridgehead atoms. The van der Waals surface area contributed by atoms with Crippen LogP contribution in [0.4, 0.5) is 4.39 Å². The minimum Gasteiger partial charge on any atom is -0.363 e. The Labute approximate surface area is 142 Å². The number of benzene rings is 2. The highest BCUT2D eigenvalue weighted by Crippen LogP contribution is 2.28. The second-order valence-corrected chi connectivity index (χ2v) is 5.42. The largest absolute Gasteiger partial charge is 0.363 e. The van der Waals surface area contributed by atoms with Crippen molar-refractivity contribution in [3.05, 3.63) is 77.0 Å². The van der Waals surface area contributed by atoms with Gasteiger partial charge in [0.2, 0.25) is 5.89 Å². The fraction of sp³-hybridized carbons (Fsp3) is 0.0588. The highest BCUT2D eigenvalue weighted by Gasteiger charge is 2.13. The summed E-state index contributed by atoms with van der Waals surface area (Å²) in [6, 6.07) is 12.2. The quantitative estimate of drug-likeness (QED) is 0.768. The van der Waals surface area contributed by atoms with E-state index in [9.17, 15) is 9.18 Å². The molecule has 0 fully saturated rings. The summed E-state index contributed by atoms with van der Waals surface area (Å²) in [6.07, 6.45) is 2.16. The number of hydrogen-bond acceptors (Lipinski definition) is 4. The molecule has 1 amide bonds. The lowest BCUT2D eigenvalue weighted by Crippen LogP contribution is -2.12. The smallest absolute Gasteiger partial charge is 0.290 e. The molecule has 1 radical (unpaired) electrons. The Hall–Kier alpha value is -2.73. The minimum absolute atomic E-state index is 0.0642. The van der Waals surface area contributed by atoms with Gasteiger partial charge < -0.3 is 10.3 Å². The monoisotopic (exact) mass is 344 g/mol. The highest BCUT2D eigenvalue weighted by atomic mass is 35.5. The van der Waals surface area contributed by atoms with Crippen LogP contribution in [0.1, 0.15) is 22.1 Å². The van der Waals surface area contributed by atoms with E-state index in [1.807, 2.05) is 24.3 Å². The van der Waals surface area contributed by atoms with Gasteiger partial charge in [-0.25, -0.2) is 4.39 Å². The predicted octanol–water partition coefficient (Wildman–Crippen LogP) is 3.42. The van der Waals surface area contributed by atoms with Gasteiger partial charge in [-0.1, -0.05) is 47.1 Å². The molecule has 24 heavy (non-hydrogen) atoms. The number of rotatable bonds is 5. The van der Waals surface area contributed by atoms with Crippen molar-refractivity contribution in [2.24, 2.45) is 5.73 Å². The van der Waals surface area contributed by atoms with Gasteiger partial charge in [-0.3, -0.25) is 4.79 Å². The normalized spacial score (nSPS) is 10.8. The first-order valence-electron chi connectivity index (χ1n) is 7.04. The molecule has 5 nitrogen and oxygen atoms in total. The minimum atomic E-state index is -0.750. The number of carbonyl (C=O) groups is 1. The van der Waals surface area contributed by atoms with E-state index < -0.39 is 11.7 Å². The van der Waals surface area contributed by atoms with E-state index in [2.05, 4.69) is 10.1 Å². The number of nitrogens with two attached hydrogens (primary N) is 1. The average Bonchev–Trinajstić information content (AvgIpc) is 3.05. The fourth-order valence-electron chi connectivity index (χ4n) is 2.26. The SMILES string of the molecule is NC(=O)c1noc([CH]Cc2ccccc2-c2ccc(F)c(Cl)c2)n1. The second-order valence-electron chi connectivity index (χ2n) is 5.01. The third-order valence-corrected chi connectivity index (χ3v) is 3.70. The van der Waals surface area contributed by atoms with Gasteiger partial charge in [0.25, 0.3) is 11.7 Å². The molecule has 0 atom stereocenters. The Kier molecular flexibility index (Phi) is 4.57. The molecule has 3 aromatic rings. The molecular weight excluding hydrogens is 333 g/mol. The van der Waals surface area contributed by atoms with E-state index in [-0.39, 0.29) is 16.7 Å². The lowest BCUT2D eigenvalue weighted by molar-refractivity contribution is 0.0987. The van der Waals surface area contributed by atoms with Crippen molar-refractivity contribution in [3.8, 4) is 11.1 Å². The highest BCUT2D eigenvalue weighted by molar-refractivity contribution is 6.31.